The van der Waals surface area contributed by atoms with Gasteiger partial charge in [0.2, 0.25) is 5.91 Å². The molecular formula is C28H41GdN6O12S-2. The van der Waals surface area contributed by atoms with Gasteiger partial charge < -0.3 is 65.5 Å². The molecule has 2 fully saturated rings. The average molecular weight is 843 g/mol. The molecule has 0 bridgehead atoms. The molecule has 4 unspecified atom stereocenters. The number of thioether (sulfide) groups is 1. The van der Waals surface area contributed by atoms with Crippen LogP contribution in [0.3, 0.4) is 0 Å². The molecule has 18 nitrogen and oxygen atoms in total. The Morgan fingerprint density at radius 2 is 1.31 bits per heavy atom. The molecular weight excluding hydrogens is 802 g/mol. The number of hydrogen-bond donors (Lipinski definition) is 3. The molecule has 0 spiro atoms. The number of fused-ring (bicyclic) bond motifs is 1. The minimum atomic E-state index is -1.58. The van der Waals surface area contributed by atoms with E-state index < -0.39 is 62.1 Å². The van der Waals surface area contributed by atoms with Crippen LogP contribution in [0.2, 0.25) is 0 Å². The molecule has 2 rings (SSSR count). The molecule has 3 N–H and O–H groups in total. The summed E-state index contributed by atoms with van der Waals surface area (Å²) in [6.07, 6.45) is 3.39. The number of rotatable bonds is 26. The number of carboxylic acid groups (broad SMARTS) is 5. The largest absolute Gasteiger partial charge is 3.00 e. The van der Waals surface area contributed by atoms with Crippen molar-refractivity contribution >= 4 is 53.5 Å². The first kappa shape index (κ1) is 43.7. The number of carboxylic acids is 5. The monoisotopic (exact) mass is 843 g/mol. The molecule has 0 aromatic heterocycles. The van der Waals surface area contributed by atoms with Crippen LogP contribution in [0.1, 0.15) is 44.9 Å². The van der Waals surface area contributed by atoms with Crippen molar-refractivity contribution in [1.29, 1.82) is 0 Å². The SMILES string of the molecule is O=C([O-])CN(CCN(CCN(CC(=O)[O-])CC(=O)[O-])C(CCCCNC(=O)CCCCC1SCC2NC(=O)NC21)C(=O)[O-])CC(=O)[O-].[Gd+3]. The Labute approximate surface area is 314 Å². The van der Waals surface area contributed by atoms with Crippen molar-refractivity contribution in [2.45, 2.75) is 68.3 Å². The van der Waals surface area contributed by atoms with Crippen LogP contribution in [0, 0.1) is 39.9 Å². The molecule has 20 heteroatoms. The number of nitrogens with one attached hydrogen (secondary N) is 3. The van der Waals surface area contributed by atoms with Gasteiger partial charge in [-0.3, -0.25) is 19.5 Å². The average Bonchev–Trinajstić information content (AvgIpc) is 3.51. The summed E-state index contributed by atoms with van der Waals surface area (Å²) < 4.78 is 0. The zero-order valence-corrected chi connectivity index (χ0v) is 29.4. The summed E-state index contributed by atoms with van der Waals surface area (Å²) in [6, 6.07) is -1.19. The van der Waals surface area contributed by atoms with Gasteiger partial charge in [0.1, 0.15) is 0 Å². The van der Waals surface area contributed by atoms with Crippen molar-refractivity contribution in [2.75, 3.05) is 64.7 Å². The molecule has 271 valence electrons. The number of carbonyl (C=O) groups is 7. The first-order valence-corrected chi connectivity index (χ1v) is 16.4. The van der Waals surface area contributed by atoms with E-state index in [0.717, 1.165) is 28.4 Å². The van der Waals surface area contributed by atoms with E-state index in [1.165, 1.54) is 4.90 Å². The number of amides is 3. The van der Waals surface area contributed by atoms with Crippen LogP contribution in [-0.2, 0) is 28.8 Å². The minimum absolute atomic E-state index is 0. The van der Waals surface area contributed by atoms with Crippen LogP contribution in [0.15, 0.2) is 0 Å². The van der Waals surface area contributed by atoms with Crippen LogP contribution in [0.25, 0.3) is 0 Å². The van der Waals surface area contributed by atoms with Crippen molar-refractivity contribution < 1.29 is 99.0 Å². The van der Waals surface area contributed by atoms with E-state index in [9.17, 15) is 59.1 Å². The summed E-state index contributed by atoms with van der Waals surface area (Å²) in [5, 5.41) is 65.3. The van der Waals surface area contributed by atoms with Gasteiger partial charge in [0.25, 0.3) is 0 Å². The second-order valence-electron chi connectivity index (χ2n) is 11.5. The van der Waals surface area contributed by atoms with E-state index in [0.29, 0.717) is 30.9 Å². The van der Waals surface area contributed by atoms with Gasteiger partial charge in [-0.1, -0.05) is 6.42 Å². The smallest absolute Gasteiger partial charge is 0.549 e. The molecule has 4 atom stereocenters. The molecule has 2 heterocycles. The summed E-state index contributed by atoms with van der Waals surface area (Å²) in [7, 11) is 0. The van der Waals surface area contributed by atoms with E-state index in [4.69, 9.17) is 0 Å². The Morgan fingerprint density at radius 1 is 0.771 bits per heavy atom. The maximum absolute atomic E-state index is 12.3. The second-order valence-corrected chi connectivity index (χ2v) is 12.8. The number of aliphatic carboxylic acids is 5. The van der Waals surface area contributed by atoms with Crippen LogP contribution < -0.4 is 41.5 Å². The molecule has 0 saturated carbocycles. The van der Waals surface area contributed by atoms with Gasteiger partial charge in [-0.25, -0.2) is 4.79 Å². The zero-order valence-electron chi connectivity index (χ0n) is 26.3. The topological polar surface area (TPSA) is 281 Å². The number of carbonyl (C=O) groups excluding carboxylic acids is 7. The van der Waals surface area contributed by atoms with Crippen molar-refractivity contribution in [3.63, 3.8) is 0 Å². The van der Waals surface area contributed by atoms with Crippen LogP contribution in [0.5, 0.6) is 0 Å². The molecule has 48 heavy (non-hydrogen) atoms. The van der Waals surface area contributed by atoms with Gasteiger partial charge in [-0.05, 0) is 32.1 Å². The molecule has 2 aliphatic heterocycles. The van der Waals surface area contributed by atoms with Gasteiger partial charge in [0.15, 0.2) is 0 Å². The second kappa shape index (κ2) is 23.1. The summed E-state index contributed by atoms with van der Waals surface area (Å²) in [5.41, 5.74) is 0. The summed E-state index contributed by atoms with van der Waals surface area (Å²) >= 11 is 1.80. The van der Waals surface area contributed by atoms with E-state index in [1.54, 1.807) is 11.8 Å². The number of unbranched alkanes of at least 4 members (excludes halogenated alkanes) is 2. The molecule has 2 aliphatic rings. The van der Waals surface area contributed by atoms with Gasteiger partial charge in [0.05, 0.1) is 41.9 Å². The maximum Gasteiger partial charge on any atom is 3.00 e. The Kier molecular flexibility index (Phi) is 21.0. The Morgan fingerprint density at radius 3 is 1.81 bits per heavy atom. The van der Waals surface area contributed by atoms with Crippen molar-refractivity contribution in [1.82, 2.24) is 30.7 Å². The molecule has 1 radical (unpaired) electrons. The normalized spacial score (nSPS) is 18.9. The Bertz CT molecular complexity index is 1050. The van der Waals surface area contributed by atoms with Gasteiger partial charge in [-0.15, -0.1) is 0 Å². The van der Waals surface area contributed by atoms with E-state index in [-0.39, 0.29) is 103 Å². The molecule has 0 aromatic carbocycles. The summed E-state index contributed by atoms with van der Waals surface area (Å²) in [5.74, 6) is -7.11. The standard InChI is InChI=1S/C28H46N6O12S.Gd/c35-21(7-2-1-6-20-26-18(17-47-20)30-28(46)31-26)29-8-4-3-5-19(27(44)45)34(11-9-32(13-22(36)37)14-23(38)39)12-10-33(15-24(40)41)16-25(42)43;/h18-20,26H,1-17H2,(H,29,35)(H,36,37)(H,38,39)(H,40,41)(H,42,43)(H,44,45)(H2,30,31,46);/q;+3/p-5. The predicted octanol–water partition coefficient (Wildman–Crippen LogP) is -7.98. The quantitative estimate of drug-likeness (QED) is 0.0539. The summed E-state index contributed by atoms with van der Waals surface area (Å²) in [4.78, 5) is 83.4. The number of hydrogen-bond acceptors (Lipinski definition) is 16. The molecule has 0 aliphatic carbocycles. The number of nitrogens with zero attached hydrogens (tertiary/aromatic N) is 3. The van der Waals surface area contributed by atoms with Crippen molar-refractivity contribution in [3.05, 3.63) is 0 Å². The first-order chi connectivity index (χ1) is 22.2. The van der Waals surface area contributed by atoms with E-state index in [1.807, 2.05) is 0 Å². The van der Waals surface area contributed by atoms with E-state index in [2.05, 4.69) is 16.0 Å². The third-order valence-corrected chi connectivity index (χ3v) is 9.35. The summed E-state index contributed by atoms with van der Waals surface area (Å²) in [6.45, 7) is -3.78. The number of urea groups is 1. The first-order valence-electron chi connectivity index (χ1n) is 15.4. The maximum atomic E-state index is 12.3. The molecule has 0 aromatic rings. The van der Waals surface area contributed by atoms with Crippen LogP contribution >= 0.6 is 11.8 Å². The molecule has 2 saturated heterocycles. The third-order valence-electron chi connectivity index (χ3n) is 7.84. The fourth-order valence-corrected chi connectivity index (χ4v) is 7.17. The fraction of sp³-hybridized carbons (Fsp3) is 0.750. The predicted molar refractivity (Wildman–Crippen MR) is 154 cm³/mol. The van der Waals surface area contributed by atoms with Gasteiger partial charge in [0, 0.05) is 82.4 Å². The zero-order chi connectivity index (χ0) is 34.9. The van der Waals surface area contributed by atoms with Crippen molar-refractivity contribution in [2.24, 2.45) is 0 Å². The van der Waals surface area contributed by atoms with Gasteiger partial charge in [-0.2, -0.15) is 11.8 Å². The minimum Gasteiger partial charge on any atom is -0.549 e. The Balaban J connectivity index is 0.0000115. The molecule has 3 amide bonds. The van der Waals surface area contributed by atoms with Crippen molar-refractivity contribution in [3.8, 4) is 0 Å². The van der Waals surface area contributed by atoms with Crippen LogP contribution in [0.4, 0.5) is 4.79 Å². The third kappa shape index (κ3) is 17.3. The fourth-order valence-electron chi connectivity index (χ4n) is 5.62. The van der Waals surface area contributed by atoms with E-state index >= 15 is 0 Å². The van der Waals surface area contributed by atoms with Gasteiger partial charge >= 0.3 is 46.0 Å². The Hall–Kier alpha value is -2.36. The van der Waals surface area contributed by atoms with Crippen LogP contribution in [-0.4, -0.2) is 145 Å².